The Morgan fingerprint density at radius 3 is 2.15 bits per heavy atom. The molecule has 2 rings (SSSR count). The number of rotatable bonds is 6. The summed E-state index contributed by atoms with van der Waals surface area (Å²) in [7, 11) is -3.71. The van der Waals surface area contributed by atoms with Crippen LogP contribution in [0.2, 0.25) is 0 Å². The lowest BCUT2D eigenvalue weighted by Crippen LogP contribution is -2.36. The van der Waals surface area contributed by atoms with Crippen LogP contribution in [-0.2, 0) is 10.0 Å². The molecule has 6 heteroatoms. The van der Waals surface area contributed by atoms with Crippen molar-refractivity contribution in [1.29, 1.82) is 0 Å². The monoisotopic (exact) mass is 374 g/mol. The van der Waals surface area contributed by atoms with E-state index in [0.717, 1.165) is 5.56 Å². The summed E-state index contributed by atoms with van der Waals surface area (Å²) in [5.41, 5.74) is 2.44. The van der Waals surface area contributed by atoms with E-state index in [0.29, 0.717) is 22.7 Å². The van der Waals surface area contributed by atoms with Crippen molar-refractivity contribution in [2.75, 3.05) is 4.72 Å². The van der Waals surface area contributed by atoms with Crippen molar-refractivity contribution in [2.45, 2.75) is 45.6 Å². The first-order valence-corrected chi connectivity index (χ1v) is 10.1. The zero-order valence-electron chi connectivity index (χ0n) is 15.8. The molecular weight excluding hydrogens is 348 g/mol. The minimum absolute atomic E-state index is 0.0230. The summed E-state index contributed by atoms with van der Waals surface area (Å²) in [5, 5.41) is 2.95. The average molecular weight is 375 g/mol. The summed E-state index contributed by atoms with van der Waals surface area (Å²) in [6.45, 7) is 9.64. The van der Waals surface area contributed by atoms with Crippen LogP contribution < -0.4 is 10.0 Å². The summed E-state index contributed by atoms with van der Waals surface area (Å²) < 4.78 is 27.8. The smallest absolute Gasteiger partial charge is 0.261 e. The number of sulfonamides is 1. The SMILES string of the molecule is Cc1ccc(S(=O)(=O)Nc2cccc(C(=O)N[C@H](C)C(C)C)c2C)cc1. The summed E-state index contributed by atoms with van der Waals surface area (Å²) in [6, 6.07) is 11.7. The van der Waals surface area contributed by atoms with E-state index in [9.17, 15) is 13.2 Å². The van der Waals surface area contributed by atoms with Gasteiger partial charge in [0.15, 0.2) is 0 Å². The molecule has 0 saturated heterocycles. The maximum absolute atomic E-state index is 12.6. The molecular formula is C20H26N2O3S. The van der Waals surface area contributed by atoms with E-state index in [2.05, 4.69) is 10.0 Å². The van der Waals surface area contributed by atoms with Crippen molar-refractivity contribution >= 4 is 21.6 Å². The second-order valence-electron chi connectivity index (χ2n) is 6.90. The average Bonchev–Trinajstić information content (AvgIpc) is 2.56. The maximum atomic E-state index is 12.6. The molecule has 0 radical (unpaired) electrons. The Kier molecular flexibility index (Phi) is 6.08. The number of benzene rings is 2. The van der Waals surface area contributed by atoms with E-state index in [1.807, 2.05) is 27.7 Å². The van der Waals surface area contributed by atoms with Gasteiger partial charge in [-0.2, -0.15) is 0 Å². The van der Waals surface area contributed by atoms with Gasteiger partial charge in [0.25, 0.3) is 15.9 Å². The van der Waals surface area contributed by atoms with Gasteiger partial charge in [-0.05, 0) is 56.5 Å². The van der Waals surface area contributed by atoms with Gasteiger partial charge < -0.3 is 5.32 Å². The third-order valence-electron chi connectivity index (χ3n) is 4.51. The molecule has 26 heavy (non-hydrogen) atoms. The van der Waals surface area contributed by atoms with E-state index in [1.54, 1.807) is 49.4 Å². The topological polar surface area (TPSA) is 75.3 Å². The predicted molar refractivity (Wildman–Crippen MR) is 105 cm³/mol. The maximum Gasteiger partial charge on any atom is 0.261 e. The van der Waals surface area contributed by atoms with Crippen LogP contribution in [0, 0.1) is 19.8 Å². The molecule has 0 unspecified atom stereocenters. The second-order valence-corrected chi connectivity index (χ2v) is 8.59. The molecule has 0 aromatic heterocycles. The fourth-order valence-corrected chi connectivity index (χ4v) is 3.49. The quantitative estimate of drug-likeness (QED) is 0.806. The molecule has 0 spiro atoms. The van der Waals surface area contributed by atoms with Gasteiger partial charge in [-0.3, -0.25) is 9.52 Å². The third kappa shape index (κ3) is 4.64. The Balaban J connectivity index is 2.28. The molecule has 0 heterocycles. The van der Waals surface area contributed by atoms with Crippen LogP contribution in [0.1, 0.15) is 42.3 Å². The number of nitrogens with one attached hydrogen (secondary N) is 2. The van der Waals surface area contributed by atoms with Crippen molar-refractivity contribution in [2.24, 2.45) is 5.92 Å². The molecule has 2 aromatic carbocycles. The summed E-state index contributed by atoms with van der Waals surface area (Å²) in [4.78, 5) is 12.7. The zero-order chi connectivity index (χ0) is 19.5. The molecule has 0 aliphatic rings. The van der Waals surface area contributed by atoms with Crippen molar-refractivity contribution in [1.82, 2.24) is 5.32 Å². The third-order valence-corrected chi connectivity index (χ3v) is 5.89. The first-order chi connectivity index (χ1) is 12.1. The van der Waals surface area contributed by atoms with Gasteiger partial charge in [-0.25, -0.2) is 8.42 Å². The summed E-state index contributed by atoms with van der Waals surface area (Å²) in [6.07, 6.45) is 0. The van der Waals surface area contributed by atoms with Crippen LogP contribution in [0.5, 0.6) is 0 Å². The largest absolute Gasteiger partial charge is 0.349 e. The number of hydrogen-bond donors (Lipinski definition) is 2. The van der Waals surface area contributed by atoms with E-state index in [4.69, 9.17) is 0 Å². The van der Waals surface area contributed by atoms with E-state index >= 15 is 0 Å². The lowest BCUT2D eigenvalue weighted by atomic mass is 10.0. The molecule has 0 bridgehead atoms. The van der Waals surface area contributed by atoms with Crippen molar-refractivity contribution in [3.05, 3.63) is 59.2 Å². The van der Waals surface area contributed by atoms with E-state index in [1.165, 1.54) is 0 Å². The standard InChI is InChI=1S/C20H26N2O3S/c1-13(2)16(5)21-20(23)18-7-6-8-19(15(18)4)22-26(24,25)17-11-9-14(3)10-12-17/h6-13,16,22H,1-5H3,(H,21,23)/t16-/m1/s1. The molecule has 0 saturated carbocycles. The fourth-order valence-electron chi connectivity index (χ4n) is 2.36. The summed E-state index contributed by atoms with van der Waals surface area (Å²) in [5.74, 6) is 0.0996. The molecule has 0 aliphatic heterocycles. The Bertz CT molecular complexity index is 888. The van der Waals surface area contributed by atoms with Crippen LogP contribution in [-0.4, -0.2) is 20.4 Å². The molecule has 1 atom stereocenters. The zero-order valence-corrected chi connectivity index (χ0v) is 16.6. The highest BCUT2D eigenvalue weighted by Gasteiger charge is 2.19. The van der Waals surface area contributed by atoms with Gasteiger partial charge in [-0.1, -0.05) is 37.6 Å². The van der Waals surface area contributed by atoms with Gasteiger partial charge in [0.1, 0.15) is 0 Å². The van der Waals surface area contributed by atoms with Crippen LogP contribution in [0.25, 0.3) is 0 Å². The molecule has 140 valence electrons. The normalized spacial score (nSPS) is 12.7. The van der Waals surface area contributed by atoms with E-state index in [-0.39, 0.29) is 16.8 Å². The molecule has 2 N–H and O–H groups in total. The first kappa shape index (κ1) is 20.0. The lowest BCUT2D eigenvalue weighted by molar-refractivity contribution is 0.0930. The molecule has 1 amide bonds. The predicted octanol–water partition coefficient (Wildman–Crippen LogP) is 3.88. The minimum Gasteiger partial charge on any atom is -0.349 e. The number of anilines is 1. The number of carbonyl (C=O) groups excluding carboxylic acids is 1. The highest BCUT2D eigenvalue weighted by atomic mass is 32.2. The highest BCUT2D eigenvalue weighted by Crippen LogP contribution is 2.23. The highest BCUT2D eigenvalue weighted by molar-refractivity contribution is 7.92. The van der Waals surface area contributed by atoms with Gasteiger partial charge in [0, 0.05) is 11.6 Å². The Labute approximate surface area is 155 Å². The molecule has 2 aromatic rings. The Morgan fingerprint density at radius 1 is 0.962 bits per heavy atom. The number of hydrogen-bond acceptors (Lipinski definition) is 3. The number of carbonyl (C=O) groups is 1. The molecule has 0 fully saturated rings. The van der Waals surface area contributed by atoms with Gasteiger partial charge >= 0.3 is 0 Å². The number of aryl methyl sites for hydroxylation is 1. The van der Waals surface area contributed by atoms with Crippen LogP contribution >= 0.6 is 0 Å². The van der Waals surface area contributed by atoms with E-state index < -0.39 is 10.0 Å². The fraction of sp³-hybridized carbons (Fsp3) is 0.350. The van der Waals surface area contributed by atoms with Crippen LogP contribution in [0.3, 0.4) is 0 Å². The Hall–Kier alpha value is -2.34. The van der Waals surface area contributed by atoms with Crippen molar-refractivity contribution < 1.29 is 13.2 Å². The van der Waals surface area contributed by atoms with Gasteiger partial charge in [0.2, 0.25) is 0 Å². The van der Waals surface area contributed by atoms with Crippen molar-refractivity contribution in [3.8, 4) is 0 Å². The van der Waals surface area contributed by atoms with Gasteiger partial charge in [-0.15, -0.1) is 0 Å². The van der Waals surface area contributed by atoms with Crippen molar-refractivity contribution in [3.63, 3.8) is 0 Å². The van der Waals surface area contributed by atoms with Crippen LogP contribution in [0.4, 0.5) is 5.69 Å². The second kappa shape index (κ2) is 7.91. The molecule has 5 nitrogen and oxygen atoms in total. The summed E-state index contributed by atoms with van der Waals surface area (Å²) >= 11 is 0. The first-order valence-electron chi connectivity index (χ1n) is 8.62. The lowest BCUT2D eigenvalue weighted by Gasteiger charge is -2.19. The van der Waals surface area contributed by atoms with Crippen LogP contribution in [0.15, 0.2) is 47.4 Å². The van der Waals surface area contributed by atoms with Gasteiger partial charge in [0.05, 0.1) is 10.6 Å². The number of amides is 1. The molecule has 0 aliphatic carbocycles. The Morgan fingerprint density at radius 2 is 1.58 bits per heavy atom. The minimum atomic E-state index is -3.71.